The number of nitrogens with two attached hydrogens (primary N) is 1. The third kappa shape index (κ3) is 2.91. The minimum absolute atomic E-state index is 0.477. The van der Waals surface area contributed by atoms with Crippen LogP contribution in [0.25, 0.3) is 28.2 Å². The first-order valence-electron chi connectivity index (χ1n) is 10.7. The maximum absolute atomic E-state index is 6.22. The first-order chi connectivity index (χ1) is 14.8. The van der Waals surface area contributed by atoms with Crippen LogP contribution in [0.15, 0.2) is 54.7 Å². The number of anilines is 2. The molecule has 0 amide bonds. The Bertz CT molecular complexity index is 1220. The fourth-order valence-electron chi connectivity index (χ4n) is 4.40. The molecule has 2 aliphatic rings. The summed E-state index contributed by atoms with van der Waals surface area (Å²) in [6.45, 7) is 2.27. The zero-order chi connectivity index (χ0) is 20.1. The van der Waals surface area contributed by atoms with Gasteiger partial charge in [0.1, 0.15) is 11.3 Å². The van der Waals surface area contributed by atoms with Gasteiger partial charge in [-0.3, -0.25) is 4.57 Å². The van der Waals surface area contributed by atoms with Crippen molar-refractivity contribution in [3.63, 3.8) is 0 Å². The first kappa shape index (κ1) is 17.4. The second-order valence-corrected chi connectivity index (χ2v) is 8.27. The van der Waals surface area contributed by atoms with Crippen LogP contribution < -0.4 is 10.6 Å². The van der Waals surface area contributed by atoms with Gasteiger partial charge in [-0.1, -0.05) is 0 Å². The molecule has 1 saturated carbocycles. The van der Waals surface area contributed by atoms with Gasteiger partial charge in [0.25, 0.3) is 0 Å². The van der Waals surface area contributed by atoms with Gasteiger partial charge in [-0.15, -0.1) is 0 Å². The summed E-state index contributed by atoms with van der Waals surface area (Å²) in [6, 6.07) is 16.8. The summed E-state index contributed by atoms with van der Waals surface area (Å²) in [4.78, 5) is 16.7. The Kier molecular flexibility index (Phi) is 3.97. The highest BCUT2D eigenvalue weighted by atomic mass is 15.2. The van der Waals surface area contributed by atoms with Crippen molar-refractivity contribution in [3.8, 4) is 17.1 Å². The Labute approximate surface area is 175 Å². The minimum atomic E-state index is 0.477. The van der Waals surface area contributed by atoms with Gasteiger partial charge in [-0.25, -0.2) is 15.0 Å². The number of nitrogens with zero attached hydrogens (tertiary/aromatic N) is 5. The van der Waals surface area contributed by atoms with Crippen LogP contribution in [0.4, 0.5) is 11.5 Å². The number of pyridine rings is 2. The molecular weight excluding hydrogens is 372 g/mol. The highest BCUT2D eigenvalue weighted by Gasteiger charge is 2.26. The Morgan fingerprint density at radius 1 is 0.867 bits per heavy atom. The Hall–Kier alpha value is -3.41. The van der Waals surface area contributed by atoms with Crippen LogP contribution in [0.1, 0.15) is 37.3 Å². The van der Waals surface area contributed by atoms with Crippen molar-refractivity contribution >= 4 is 22.7 Å². The Balaban J connectivity index is 1.53. The summed E-state index contributed by atoms with van der Waals surface area (Å²) < 4.78 is 2.13. The molecule has 3 aromatic heterocycles. The van der Waals surface area contributed by atoms with Gasteiger partial charge in [-0.05, 0) is 74.2 Å². The summed E-state index contributed by atoms with van der Waals surface area (Å²) >= 11 is 0. The van der Waals surface area contributed by atoms with Crippen LogP contribution in [0.3, 0.4) is 0 Å². The van der Waals surface area contributed by atoms with E-state index >= 15 is 0 Å². The SMILES string of the molecule is Nc1ncccc1-c1nc2ccc(C3CC3)nc2n1-c1ccc(N2CCCC2)cc1. The lowest BCUT2D eigenvalue weighted by atomic mass is 10.2. The van der Waals surface area contributed by atoms with Gasteiger partial charge < -0.3 is 10.6 Å². The number of imidazole rings is 1. The third-order valence-corrected chi connectivity index (χ3v) is 6.18. The predicted octanol–water partition coefficient (Wildman–Crippen LogP) is 4.54. The molecule has 2 fully saturated rings. The van der Waals surface area contributed by atoms with E-state index in [-0.39, 0.29) is 0 Å². The number of nitrogen functional groups attached to an aromatic ring is 1. The lowest BCUT2D eigenvalue weighted by Gasteiger charge is -2.18. The van der Waals surface area contributed by atoms with E-state index in [9.17, 15) is 0 Å². The molecular formula is C24H24N6. The van der Waals surface area contributed by atoms with E-state index in [0.29, 0.717) is 11.7 Å². The maximum atomic E-state index is 6.22. The normalized spacial score (nSPS) is 16.5. The zero-order valence-corrected chi connectivity index (χ0v) is 16.8. The molecule has 6 nitrogen and oxygen atoms in total. The molecule has 1 saturated heterocycles. The Morgan fingerprint density at radius 2 is 1.63 bits per heavy atom. The third-order valence-electron chi connectivity index (χ3n) is 6.18. The summed E-state index contributed by atoms with van der Waals surface area (Å²) in [5.41, 5.74) is 12.3. The second-order valence-electron chi connectivity index (χ2n) is 8.27. The van der Waals surface area contributed by atoms with Crippen molar-refractivity contribution in [1.82, 2.24) is 19.5 Å². The average molecular weight is 396 g/mol. The minimum Gasteiger partial charge on any atom is -0.383 e. The van der Waals surface area contributed by atoms with Gasteiger partial charge in [0, 0.05) is 42.3 Å². The van der Waals surface area contributed by atoms with Crippen LogP contribution >= 0.6 is 0 Å². The van der Waals surface area contributed by atoms with Gasteiger partial charge in [0.2, 0.25) is 0 Å². The number of hydrogen-bond donors (Lipinski definition) is 1. The van der Waals surface area contributed by atoms with Crippen molar-refractivity contribution < 1.29 is 0 Å². The number of rotatable bonds is 4. The number of benzene rings is 1. The molecule has 30 heavy (non-hydrogen) atoms. The van der Waals surface area contributed by atoms with E-state index in [1.54, 1.807) is 6.20 Å². The van der Waals surface area contributed by atoms with Gasteiger partial charge >= 0.3 is 0 Å². The lowest BCUT2D eigenvalue weighted by Crippen LogP contribution is -2.17. The van der Waals surface area contributed by atoms with E-state index in [2.05, 4.69) is 50.8 Å². The fourth-order valence-corrected chi connectivity index (χ4v) is 4.40. The number of fused-ring (bicyclic) bond motifs is 1. The summed E-state index contributed by atoms with van der Waals surface area (Å²) in [7, 11) is 0. The molecule has 0 unspecified atom stereocenters. The molecule has 0 radical (unpaired) electrons. The Morgan fingerprint density at radius 3 is 2.37 bits per heavy atom. The molecule has 150 valence electrons. The average Bonchev–Trinajstić information content (AvgIpc) is 3.35. The molecule has 1 aliphatic heterocycles. The molecule has 4 heterocycles. The van der Waals surface area contributed by atoms with Crippen LogP contribution in [0, 0.1) is 0 Å². The molecule has 2 N–H and O–H groups in total. The van der Waals surface area contributed by atoms with Gasteiger partial charge in [0.05, 0.1) is 5.56 Å². The highest BCUT2D eigenvalue weighted by Crippen LogP contribution is 2.40. The molecule has 1 aliphatic carbocycles. The number of hydrogen-bond acceptors (Lipinski definition) is 5. The quantitative estimate of drug-likeness (QED) is 0.548. The van der Waals surface area contributed by atoms with Crippen molar-refractivity contribution in [2.75, 3.05) is 23.7 Å². The summed E-state index contributed by atoms with van der Waals surface area (Å²) in [5, 5.41) is 0. The van der Waals surface area contributed by atoms with E-state index < -0.39 is 0 Å². The molecule has 0 bridgehead atoms. The molecule has 4 aromatic rings. The standard InChI is InChI=1S/C24H24N6/c25-22-19(4-3-13-26-22)23-28-21-12-11-20(16-5-6-16)27-24(21)30(23)18-9-7-17(8-10-18)29-14-1-2-15-29/h3-4,7-13,16H,1-2,5-6,14-15H2,(H2,25,26). The smallest absolute Gasteiger partial charge is 0.165 e. The largest absolute Gasteiger partial charge is 0.383 e. The van der Waals surface area contributed by atoms with Crippen molar-refractivity contribution in [2.24, 2.45) is 0 Å². The second kappa shape index (κ2) is 6.83. The lowest BCUT2D eigenvalue weighted by molar-refractivity contribution is 0.949. The zero-order valence-electron chi connectivity index (χ0n) is 16.8. The van der Waals surface area contributed by atoms with E-state index in [1.165, 1.54) is 31.4 Å². The molecule has 0 atom stereocenters. The molecule has 6 rings (SSSR count). The fraction of sp³-hybridized carbons (Fsp3) is 0.292. The topological polar surface area (TPSA) is 72.9 Å². The van der Waals surface area contributed by atoms with Crippen molar-refractivity contribution in [1.29, 1.82) is 0 Å². The first-order valence-corrected chi connectivity index (χ1v) is 10.7. The van der Waals surface area contributed by atoms with E-state index in [1.807, 2.05) is 12.1 Å². The van der Waals surface area contributed by atoms with Crippen LogP contribution in [0.5, 0.6) is 0 Å². The molecule has 6 heteroatoms. The summed E-state index contributed by atoms with van der Waals surface area (Å²) in [5.74, 6) is 1.84. The van der Waals surface area contributed by atoms with E-state index in [4.69, 9.17) is 15.7 Å². The van der Waals surface area contributed by atoms with E-state index in [0.717, 1.165) is 47.0 Å². The van der Waals surface area contributed by atoms with Gasteiger partial charge in [-0.2, -0.15) is 0 Å². The maximum Gasteiger partial charge on any atom is 0.165 e. The molecule has 1 aromatic carbocycles. The van der Waals surface area contributed by atoms with Crippen LogP contribution in [0.2, 0.25) is 0 Å². The molecule has 0 spiro atoms. The summed E-state index contributed by atoms with van der Waals surface area (Å²) in [6.07, 6.45) is 6.69. The van der Waals surface area contributed by atoms with Crippen LogP contribution in [-0.2, 0) is 0 Å². The monoisotopic (exact) mass is 396 g/mol. The predicted molar refractivity (Wildman–Crippen MR) is 120 cm³/mol. The van der Waals surface area contributed by atoms with Crippen molar-refractivity contribution in [2.45, 2.75) is 31.6 Å². The van der Waals surface area contributed by atoms with Crippen LogP contribution in [-0.4, -0.2) is 32.6 Å². The van der Waals surface area contributed by atoms with Gasteiger partial charge in [0.15, 0.2) is 11.5 Å². The number of aromatic nitrogens is 4. The highest BCUT2D eigenvalue weighted by molar-refractivity contribution is 5.83. The van der Waals surface area contributed by atoms with Crippen molar-refractivity contribution in [3.05, 3.63) is 60.4 Å².